The minimum Gasteiger partial charge on any atom is -0.376 e. The number of unbranched alkanes of at least 4 members (excludes halogenated alkanes) is 1. The Hall–Kier alpha value is -1.90. The second-order valence-corrected chi connectivity index (χ2v) is 6.97. The number of hydrogen-bond donors (Lipinski definition) is 1. The molecule has 9 heteroatoms. The number of alkyl halides is 3. The molecule has 152 valence electrons. The van der Waals surface area contributed by atoms with E-state index in [0.717, 1.165) is 18.2 Å². The Balaban J connectivity index is 2.47. The molecule has 0 aromatic carbocycles. The van der Waals surface area contributed by atoms with Gasteiger partial charge in [0.05, 0.1) is 18.2 Å². The van der Waals surface area contributed by atoms with Crippen molar-refractivity contribution < 1.29 is 32.3 Å². The molecule has 1 saturated heterocycles. The van der Waals surface area contributed by atoms with Crippen LogP contribution in [0.2, 0.25) is 0 Å². The monoisotopic (exact) mass is 390 g/mol. The maximum absolute atomic E-state index is 14.1. The van der Waals surface area contributed by atoms with Crippen LogP contribution < -0.4 is 5.32 Å². The molecule has 0 spiro atoms. The molecule has 2 aliphatic rings. The number of ketones is 1. The summed E-state index contributed by atoms with van der Waals surface area (Å²) in [5.74, 6) is -3.16. The largest absolute Gasteiger partial charge is 0.425 e. The SMILES string of the molecule is CCCCC(=O)NC1(C(F)(F)F)C(=O)N(CC2CCCO2)C(C)=C1C(C)=O. The fourth-order valence-corrected chi connectivity index (χ4v) is 3.66. The molecule has 6 nitrogen and oxygen atoms in total. The molecule has 2 rings (SSSR count). The molecule has 0 aromatic heterocycles. The van der Waals surface area contributed by atoms with Crippen LogP contribution in [0.1, 0.15) is 52.9 Å². The van der Waals surface area contributed by atoms with Crippen LogP contribution in [0.15, 0.2) is 11.3 Å². The van der Waals surface area contributed by atoms with Gasteiger partial charge < -0.3 is 15.0 Å². The van der Waals surface area contributed by atoms with Crippen molar-refractivity contribution in [1.82, 2.24) is 10.2 Å². The maximum atomic E-state index is 14.1. The van der Waals surface area contributed by atoms with Gasteiger partial charge in [-0.3, -0.25) is 14.4 Å². The summed E-state index contributed by atoms with van der Waals surface area (Å²) in [7, 11) is 0. The number of halogens is 3. The summed E-state index contributed by atoms with van der Waals surface area (Å²) in [5, 5.41) is 1.86. The zero-order valence-corrected chi connectivity index (χ0v) is 15.7. The molecule has 27 heavy (non-hydrogen) atoms. The van der Waals surface area contributed by atoms with Crippen LogP contribution >= 0.6 is 0 Å². The molecular weight excluding hydrogens is 365 g/mol. The van der Waals surface area contributed by atoms with Crippen molar-refractivity contribution in [3.8, 4) is 0 Å². The van der Waals surface area contributed by atoms with Gasteiger partial charge in [-0.2, -0.15) is 13.2 Å². The van der Waals surface area contributed by atoms with Crippen molar-refractivity contribution in [1.29, 1.82) is 0 Å². The lowest BCUT2D eigenvalue weighted by molar-refractivity contribution is -0.194. The van der Waals surface area contributed by atoms with Gasteiger partial charge in [0.2, 0.25) is 11.4 Å². The number of hydrogen-bond acceptors (Lipinski definition) is 4. The fourth-order valence-electron chi connectivity index (χ4n) is 3.66. The van der Waals surface area contributed by atoms with Gasteiger partial charge in [0, 0.05) is 18.7 Å². The lowest BCUT2D eigenvalue weighted by Gasteiger charge is -2.33. The Labute approximate surface area is 156 Å². The number of carbonyl (C=O) groups is 3. The van der Waals surface area contributed by atoms with E-state index in [1.165, 1.54) is 6.92 Å². The Morgan fingerprint density at radius 1 is 1.37 bits per heavy atom. The number of amides is 2. The number of Topliss-reactive ketones (excluding diaryl/α,β-unsaturated/α-hetero) is 1. The van der Waals surface area contributed by atoms with E-state index in [1.807, 2.05) is 5.32 Å². The second-order valence-electron chi connectivity index (χ2n) is 6.97. The Kier molecular flexibility index (Phi) is 6.34. The molecule has 0 aliphatic carbocycles. The Morgan fingerprint density at radius 3 is 2.52 bits per heavy atom. The average molecular weight is 390 g/mol. The number of rotatable bonds is 7. The molecule has 1 fully saturated rings. The van der Waals surface area contributed by atoms with Crippen molar-refractivity contribution >= 4 is 17.6 Å². The standard InChI is InChI=1S/C18H25F3N2O4/c1-4-5-8-14(25)22-17(18(19,20)21)15(12(3)24)11(2)23(16(17)26)10-13-7-6-9-27-13/h13H,4-10H2,1-3H3,(H,22,25). The van der Waals surface area contributed by atoms with E-state index in [2.05, 4.69) is 0 Å². The number of carbonyl (C=O) groups excluding carboxylic acids is 3. The van der Waals surface area contributed by atoms with Gasteiger partial charge in [-0.1, -0.05) is 13.3 Å². The van der Waals surface area contributed by atoms with Crippen LogP contribution in [-0.2, 0) is 19.1 Å². The molecule has 0 bridgehead atoms. The first-order chi connectivity index (χ1) is 12.6. The lowest BCUT2D eigenvalue weighted by Crippen LogP contribution is -2.66. The third kappa shape index (κ3) is 3.88. The molecule has 1 N–H and O–H groups in total. The topological polar surface area (TPSA) is 75.7 Å². The smallest absolute Gasteiger partial charge is 0.376 e. The predicted molar refractivity (Wildman–Crippen MR) is 90.5 cm³/mol. The summed E-state index contributed by atoms with van der Waals surface area (Å²) < 4.78 is 47.8. The zero-order valence-electron chi connectivity index (χ0n) is 15.7. The third-order valence-electron chi connectivity index (χ3n) is 4.98. The summed E-state index contributed by atoms with van der Waals surface area (Å²) in [6.45, 7) is 4.47. The average Bonchev–Trinajstić information content (AvgIpc) is 3.14. The molecule has 0 saturated carbocycles. The first kappa shape index (κ1) is 21.4. The van der Waals surface area contributed by atoms with Crippen molar-refractivity contribution in [2.75, 3.05) is 13.2 Å². The second kappa shape index (κ2) is 8.00. The van der Waals surface area contributed by atoms with E-state index in [-0.39, 0.29) is 18.7 Å². The molecule has 2 heterocycles. The van der Waals surface area contributed by atoms with Gasteiger partial charge in [0.1, 0.15) is 0 Å². The summed E-state index contributed by atoms with van der Waals surface area (Å²) >= 11 is 0. The molecule has 0 aromatic rings. The maximum Gasteiger partial charge on any atom is 0.425 e. The van der Waals surface area contributed by atoms with Gasteiger partial charge in [0.25, 0.3) is 5.91 Å². The molecular formula is C18H25F3N2O4. The quantitative estimate of drug-likeness (QED) is 0.725. The summed E-state index contributed by atoms with van der Waals surface area (Å²) in [6.07, 6.45) is -3.33. The van der Waals surface area contributed by atoms with Gasteiger partial charge in [-0.25, -0.2) is 0 Å². The number of allylic oxidation sites excluding steroid dienone is 1. The first-order valence-electron chi connectivity index (χ1n) is 9.09. The van der Waals surface area contributed by atoms with E-state index in [1.54, 1.807) is 6.92 Å². The summed E-state index contributed by atoms with van der Waals surface area (Å²) in [5.41, 5.74) is -4.15. The van der Waals surface area contributed by atoms with Gasteiger partial charge in [-0.05, 0) is 33.1 Å². The molecule has 2 amide bonds. The summed E-state index contributed by atoms with van der Waals surface area (Å²) in [4.78, 5) is 38.1. The minimum absolute atomic E-state index is 0.0793. The van der Waals surface area contributed by atoms with E-state index >= 15 is 0 Å². The third-order valence-corrected chi connectivity index (χ3v) is 4.98. The Morgan fingerprint density at radius 2 is 2.04 bits per heavy atom. The van der Waals surface area contributed by atoms with Gasteiger partial charge in [0.15, 0.2) is 5.78 Å². The summed E-state index contributed by atoms with van der Waals surface area (Å²) in [6, 6.07) is 0. The first-order valence-corrected chi connectivity index (χ1v) is 9.09. The van der Waals surface area contributed by atoms with E-state index in [0.29, 0.717) is 25.9 Å². The Bertz CT molecular complexity index is 653. The van der Waals surface area contributed by atoms with Gasteiger partial charge >= 0.3 is 6.18 Å². The van der Waals surface area contributed by atoms with Gasteiger partial charge in [-0.15, -0.1) is 0 Å². The number of ether oxygens (including phenoxy) is 1. The number of nitrogens with one attached hydrogen (secondary N) is 1. The minimum atomic E-state index is -5.15. The molecule has 2 unspecified atom stereocenters. The predicted octanol–water partition coefficient (Wildman–Crippen LogP) is 2.48. The highest BCUT2D eigenvalue weighted by molar-refractivity contribution is 6.12. The lowest BCUT2D eigenvalue weighted by atomic mass is 9.86. The molecule has 0 radical (unpaired) electrons. The van der Waals surface area contributed by atoms with Crippen LogP contribution in [0.4, 0.5) is 13.2 Å². The number of nitrogens with zero attached hydrogens (tertiary/aromatic N) is 1. The van der Waals surface area contributed by atoms with Crippen molar-refractivity contribution in [2.45, 2.75) is 70.7 Å². The zero-order chi connectivity index (χ0) is 20.4. The highest BCUT2D eigenvalue weighted by Gasteiger charge is 2.69. The highest BCUT2D eigenvalue weighted by atomic mass is 19.4. The van der Waals surface area contributed by atoms with Crippen LogP contribution in [0.25, 0.3) is 0 Å². The van der Waals surface area contributed by atoms with Crippen LogP contribution in [0.3, 0.4) is 0 Å². The van der Waals surface area contributed by atoms with E-state index in [9.17, 15) is 27.6 Å². The van der Waals surface area contributed by atoms with Crippen molar-refractivity contribution in [3.63, 3.8) is 0 Å². The molecule has 2 aliphatic heterocycles. The van der Waals surface area contributed by atoms with Crippen molar-refractivity contribution in [3.05, 3.63) is 11.3 Å². The fraction of sp³-hybridized carbons (Fsp3) is 0.722. The van der Waals surface area contributed by atoms with Crippen molar-refractivity contribution in [2.24, 2.45) is 0 Å². The molecule has 2 atom stereocenters. The van der Waals surface area contributed by atoms with Crippen LogP contribution in [0.5, 0.6) is 0 Å². The van der Waals surface area contributed by atoms with E-state index < -0.39 is 41.0 Å². The highest BCUT2D eigenvalue weighted by Crippen LogP contribution is 2.45. The van der Waals surface area contributed by atoms with Crippen LogP contribution in [0, 0.1) is 0 Å². The van der Waals surface area contributed by atoms with E-state index in [4.69, 9.17) is 4.74 Å². The normalized spacial score (nSPS) is 26.1. The van der Waals surface area contributed by atoms with Crippen LogP contribution in [-0.4, -0.2) is 53.5 Å².